The maximum atomic E-state index is 12.1. The molecule has 128 valence electrons. The van der Waals surface area contributed by atoms with Crippen molar-refractivity contribution in [2.45, 2.75) is 51.6 Å². The minimum atomic E-state index is -0.259. The number of amides is 2. The van der Waals surface area contributed by atoms with Gasteiger partial charge in [-0.1, -0.05) is 19.8 Å². The van der Waals surface area contributed by atoms with Crippen LogP contribution in [-0.2, 0) is 4.79 Å². The average molecular weight is 340 g/mol. The molecule has 2 rings (SSSR count). The van der Waals surface area contributed by atoms with Gasteiger partial charge in [-0.2, -0.15) is 0 Å². The zero-order valence-corrected chi connectivity index (χ0v) is 14.5. The predicted molar refractivity (Wildman–Crippen MR) is 94.9 cm³/mol. The minimum Gasteiger partial charge on any atom is -0.349 e. The molecule has 1 aromatic rings. The molecule has 6 heteroatoms. The van der Waals surface area contributed by atoms with Gasteiger partial charge in [-0.05, 0) is 44.0 Å². The Kier molecular flexibility index (Phi) is 7.52. The van der Waals surface area contributed by atoms with Crippen molar-refractivity contribution >= 4 is 29.9 Å². The highest BCUT2D eigenvalue weighted by Gasteiger charge is 2.19. The fourth-order valence-corrected chi connectivity index (χ4v) is 2.54. The van der Waals surface area contributed by atoms with Crippen LogP contribution in [0.15, 0.2) is 24.3 Å². The summed E-state index contributed by atoms with van der Waals surface area (Å²) in [4.78, 5) is 24.0. The molecule has 2 unspecified atom stereocenters. The number of benzene rings is 1. The molecular formula is C17H26ClN3O2. The molecule has 2 amide bonds. The van der Waals surface area contributed by atoms with Gasteiger partial charge in [-0.15, -0.1) is 12.4 Å². The number of carbonyl (C=O) groups excluding carboxylic acids is 2. The topological polar surface area (TPSA) is 84.2 Å². The van der Waals surface area contributed by atoms with Crippen molar-refractivity contribution in [1.29, 1.82) is 0 Å². The number of nitrogens with one attached hydrogen (secondary N) is 2. The quantitative estimate of drug-likeness (QED) is 0.771. The first-order valence-electron chi connectivity index (χ1n) is 7.94. The Hall–Kier alpha value is -1.59. The Balaban J connectivity index is 0.00000264. The molecule has 1 saturated carbocycles. The molecule has 2 atom stereocenters. The van der Waals surface area contributed by atoms with Crippen LogP contribution in [0.3, 0.4) is 0 Å². The molecule has 4 N–H and O–H groups in total. The maximum absolute atomic E-state index is 12.1. The number of rotatable bonds is 5. The monoisotopic (exact) mass is 339 g/mol. The number of halogens is 1. The summed E-state index contributed by atoms with van der Waals surface area (Å²) in [6, 6.07) is 7.06. The van der Waals surface area contributed by atoms with Crippen molar-refractivity contribution in [3.05, 3.63) is 29.8 Å². The van der Waals surface area contributed by atoms with Gasteiger partial charge < -0.3 is 16.4 Å². The lowest BCUT2D eigenvalue weighted by Gasteiger charge is -2.15. The van der Waals surface area contributed by atoms with Gasteiger partial charge in [0.05, 0.1) is 5.92 Å². The van der Waals surface area contributed by atoms with Gasteiger partial charge in [0.2, 0.25) is 5.91 Å². The molecule has 1 aliphatic rings. The zero-order valence-electron chi connectivity index (χ0n) is 13.7. The summed E-state index contributed by atoms with van der Waals surface area (Å²) in [5, 5.41) is 5.86. The lowest BCUT2D eigenvalue weighted by Crippen LogP contribution is -2.34. The normalized spacial score (nSPS) is 17.0. The summed E-state index contributed by atoms with van der Waals surface area (Å²) in [6.45, 7) is 3.60. The van der Waals surface area contributed by atoms with Gasteiger partial charge in [0.15, 0.2) is 0 Å². The molecule has 0 heterocycles. The Morgan fingerprint density at radius 3 is 2.22 bits per heavy atom. The molecule has 0 aromatic heterocycles. The van der Waals surface area contributed by atoms with Crippen LogP contribution >= 0.6 is 12.4 Å². The zero-order chi connectivity index (χ0) is 16.1. The molecule has 5 nitrogen and oxygen atoms in total. The Bertz CT molecular complexity index is 525. The Morgan fingerprint density at radius 1 is 1.13 bits per heavy atom. The predicted octanol–water partition coefficient (Wildman–Crippen LogP) is 2.70. The van der Waals surface area contributed by atoms with Crippen LogP contribution in [0, 0.1) is 5.92 Å². The van der Waals surface area contributed by atoms with Crippen molar-refractivity contribution in [3.8, 4) is 0 Å². The number of hydrogen-bond acceptors (Lipinski definition) is 3. The Labute approximate surface area is 143 Å². The highest BCUT2D eigenvalue weighted by molar-refractivity contribution is 5.96. The van der Waals surface area contributed by atoms with Crippen LogP contribution in [0.4, 0.5) is 5.69 Å². The van der Waals surface area contributed by atoms with Crippen molar-refractivity contribution in [1.82, 2.24) is 5.32 Å². The second-order valence-corrected chi connectivity index (χ2v) is 6.17. The first-order valence-corrected chi connectivity index (χ1v) is 7.94. The van der Waals surface area contributed by atoms with E-state index in [2.05, 4.69) is 10.6 Å². The molecule has 0 spiro atoms. The van der Waals surface area contributed by atoms with E-state index in [4.69, 9.17) is 5.73 Å². The summed E-state index contributed by atoms with van der Waals surface area (Å²) in [5.74, 6) is -0.419. The molecule has 1 fully saturated rings. The molecule has 0 bridgehead atoms. The molecule has 1 aliphatic carbocycles. The van der Waals surface area contributed by atoms with Crippen molar-refractivity contribution in [2.24, 2.45) is 11.7 Å². The molecule has 0 radical (unpaired) electrons. The molecule has 23 heavy (non-hydrogen) atoms. The van der Waals surface area contributed by atoms with Gasteiger partial charge in [0, 0.05) is 23.3 Å². The Morgan fingerprint density at radius 2 is 1.70 bits per heavy atom. The van der Waals surface area contributed by atoms with Gasteiger partial charge in [-0.3, -0.25) is 9.59 Å². The van der Waals surface area contributed by atoms with E-state index in [1.165, 1.54) is 12.8 Å². The van der Waals surface area contributed by atoms with Gasteiger partial charge in [-0.25, -0.2) is 0 Å². The van der Waals surface area contributed by atoms with Crippen LogP contribution in [0.1, 0.15) is 49.9 Å². The van der Waals surface area contributed by atoms with Crippen LogP contribution in [0.25, 0.3) is 0 Å². The lowest BCUT2D eigenvalue weighted by atomic mass is 10.0. The minimum absolute atomic E-state index is 0. The highest BCUT2D eigenvalue weighted by atomic mass is 35.5. The smallest absolute Gasteiger partial charge is 0.251 e. The van der Waals surface area contributed by atoms with E-state index >= 15 is 0 Å². The number of hydrogen-bond donors (Lipinski definition) is 3. The van der Waals surface area contributed by atoms with Crippen molar-refractivity contribution < 1.29 is 9.59 Å². The van der Waals surface area contributed by atoms with E-state index in [1.807, 2.05) is 0 Å². The summed E-state index contributed by atoms with van der Waals surface area (Å²) in [6.07, 6.45) is 4.51. The van der Waals surface area contributed by atoms with Crippen LogP contribution in [0.2, 0.25) is 0 Å². The van der Waals surface area contributed by atoms with E-state index in [9.17, 15) is 9.59 Å². The summed E-state index contributed by atoms with van der Waals surface area (Å²) in [7, 11) is 0. The second-order valence-electron chi connectivity index (χ2n) is 6.17. The van der Waals surface area contributed by atoms with E-state index in [1.54, 1.807) is 38.1 Å². The highest BCUT2D eigenvalue weighted by Crippen LogP contribution is 2.18. The van der Waals surface area contributed by atoms with E-state index in [-0.39, 0.29) is 36.2 Å². The first kappa shape index (κ1) is 19.5. The van der Waals surface area contributed by atoms with Gasteiger partial charge in [0.1, 0.15) is 0 Å². The fraction of sp³-hybridized carbons (Fsp3) is 0.529. The SMILES string of the molecule is CC(N)C(C)C(=O)Nc1ccc(C(=O)NC2CCCC2)cc1.Cl. The van der Waals surface area contributed by atoms with Crippen molar-refractivity contribution in [2.75, 3.05) is 5.32 Å². The van der Waals surface area contributed by atoms with E-state index < -0.39 is 0 Å². The molecule has 1 aromatic carbocycles. The average Bonchev–Trinajstić information content (AvgIpc) is 2.99. The maximum Gasteiger partial charge on any atom is 0.251 e. The summed E-state index contributed by atoms with van der Waals surface area (Å²) < 4.78 is 0. The van der Waals surface area contributed by atoms with Crippen LogP contribution in [0.5, 0.6) is 0 Å². The lowest BCUT2D eigenvalue weighted by molar-refractivity contribution is -0.119. The van der Waals surface area contributed by atoms with E-state index in [0.29, 0.717) is 17.3 Å². The third-order valence-electron chi connectivity index (χ3n) is 4.31. The number of anilines is 1. The number of carbonyl (C=O) groups is 2. The molecular weight excluding hydrogens is 314 g/mol. The largest absolute Gasteiger partial charge is 0.349 e. The second kappa shape index (κ2) is 8.89. The van der Waals surface area contributed by atoms with Crippen LogP contribution < -0.4 is 16.4 Å². The summed E-state index contributed by atoms with van der Waals surface area (Å²) in [5.41, 5.74) is 7.01. The standard InChI is InChI=1S/C17H25N3O2.ClH/c1-11(12(2)18)16(21)19-15-9-7-13(8-10-15)17(22)20-14-5-3-4-6-14;/h7-12,14H,3-6,18H2,1-2H3,(H,19,21)(H,20,22);1H. The van der Waals surface area contributed by atoms with Gasteiger partial charge >= 0.3 is 0 Å². The third-order valence-corrected chi connectivity index (χ3v) is 4.31. The molecule has 0 saturated heterocycles. The third kappa shape index (κ3) is 5.52. The summed E-state index contributed by atoms with van der Waals surface area (Å²) >= 11 is 0. The van der Waals surface area contributed by atoms with Crippen molar-refractivity contribution in [3.63, 3.8) is 0 Å². The molecule has 0 aliphatic heterocycles. The van der Waals surface area contributed by atoms with Crippen LogP contribution in [-0.4, -0.2) is 23.9 Å². The fourth-order valence-electron chi connectivity index (χ4n) is 2.54. The number of nitrogens with two attached hydrogens (primary N) is 1. The van der Waals surface area contributed by atoms with Gasteiger partial charge in [0.25, 0.3) is 5.91 Å². The van der Waals surface area contributed by atoms with E-state index in [0.717, 1.165) is 12.8 Å². The first-order chi connectivity index (χ1) is 10.5.